The Morgan fingerprint density at radius 3 is 2.34 bits per heavy atom. The molecule has 35 heavy (non-hydrogen) atoms. The molecule has 0 radical (unpaired) electrons. The first kappa shape index (κ1) is 24.3. The lowest BCUT2D eigenvalue weighted by Crippen LogP contribution is -2.48. The molecule has 11 heteroatoms. The molecule has 1 saturated heterocycles. The van der Waals surface area contributed by atoms with Crippen LogP contribution in [0.3, 0.4) is 0 Å². The average Bonchev–Trinajstić information content (AvgIpc) is 2.89. The van der Waals surface area contributed by atoms with Gasteiger partial charge in [0.25, 0.3) is 5.56 Å². The normalized spacial score (nSPS) is 14.2. The van der Waals surface area contributed by atoms with Crippen molar-refractivity contribution in [3.8, 4) is 22.6 Å². The first-order valence-corrected chi connectivity index (χ1v) is 11.5. The van der Waals surface area contributed by atoms with Crippen molar-refractivity contribution in [2.45, 2.75) is 13.0 Å². The van der Waals surface area contributed by atoms with Gasteiger partial charge in [-0.25, -0.2) is 9.78 Å². The summed E-state index contributed by atoms with van der Waals surface area (Å²) < 4.78 is 12.5. The van der Waals surface area contributed by atoms with Crippen molar-refractivity contribution in [2.75, 3.05) is 59.3 Å². The molecule has 1 aliphatic rings. The van der Waals surface area contributed by atoms with Crippen LogP contribution in [0.15, 0.2) is 35.3 Å². The standard InChI is InChI=1S/C24H30N6O5/c1-25-23-26-15-17-13-20(16-11-18(34-2)14-19(12-16)35-3)22(31)30(21(17)27-23)6-4-5-28-7-9-29(10-8-28)24(32)33/h11-15H,4-10H2,1-3H3,(H,32,33)(H,25,26,27). The third kappa shape index (κ3) is 5.29. The zero-order valence-electron chi connectivity index (χ0n) is 20.2. The van der Waals surface area contributed by atoms with Crippen LogP contribution in [0.25, 0.3) is 22.2 Å². The van der Waals surface area contributed by atoms with E-state index < -0.39 is 6.09 Å². The molecule has 0 bridgehead atoms. The maximum atomic E-state index is 13.7. The second kappa shape index (κ2) is 10.6. The van der Waals surface area contributed by atoms with Gasteiger partial charge >= 0.3 is 6.09 Å². The number of benzene rings is 1. The molecule has 1 amide bonds. The predicted molar refractivity (Wildman–Crippen MR) is 133 cm³/mol. The van der Waals surface area contributed by atoms with Gasteiger partial charge in [0.15, 0.2) is 0 Å². The van der Waals surface area contributed by atoms with Gasteiger partial charge in [-0.05, 0) is 36.7 Å². The molecule has 186 valence electrons. The zero-order valence-corrected chi connectivity index (χ0v) is 20.2. The molecule has 1 aromatic carbocycles. The monoisotopic (exact) mass is 482 g/mol. The number of nitrogens with one attached hydrogen (secondary N) is 1. The second-order valence-electron chi connectivity index (χ2n) is 8.30. The van der Waals surface area contributed by atoms with E-state index in [4.69, 9.17) is 14.6 Å². The fraction of sp³-hybridized carbons (Fsp3) is 0.417. The first-order chi connectivity index (χ1) is 16.9. The molecule has 3 aromatic rings. The highest BCUT2D eigenvalue weighted by molar-refractivity contribution is 5.82. The number of amides is 1. The minimum absolute atomic E-state index is 0.163. The largest absolute Gasteiger partial charge is 0.497 e. The molecule has 0 saturated carbocycles. The van der Waals surface area contributed by atoms with E-state index in [-0.39, 0.29) is 5.56 Å². The van der Waals surface area contributed by atoms with Crippen molar-refractivity contribution in [1.29, 1.82) is 0 Å². The van der Waals surface area contributed by atoms with Crippen LogP contribution in [-0.4, -0.2) is 89.5 Å². The van der Waals surface area contributed by atoms with Gasteiger partial charge in [-0.3, -0.25) is 14.3 Å². The number of aromatic nitrogens is 3. The van der Waals surface area contributed by atoms with Crippen LogP contribution in [0.2, 0.25) is 0 Å². The highest BCUT2D eigenvalue weighted by Crippen LogP contribution is 2.29. The number of carboxylic acid groups (broad SMARTS) is 1. The van der Waals surface area contributed by atoms with E-state index in [0.29, 0.717) is 73.4 Å². The third-order valence-corrected chi connectivity index (χ3v) is 6.21. The van der Waals surface area contributed by atoms with Crippen LogP contribution in [0.1, 0.15) is 6.42 Å². The molecular formula is C24H30N6O5. The molecule has 0 atom stereocenters. The Kier molecular flexibility index (Phi) is 7.35. The van der Waals surface area contributed by atoms with Crippen molar-refractivity contribution in [2.24, 2.45) is 0 Å². The molecule has 2 N–H and O–H groups in total. The van der Waals surface area contributed by atoms with Gasteiger partial charge in [-0.15, -0.1) is 0 Å². The first-order valence-electron chi connectivity index (χ1n) is 11.5. The van der Waals surface area contributed by atoms with Gasteiger partial charge < -0.3 is 24.8 Å². The maximum Gasteiger partial charge on any atom is 0.407 e. The summed E-state index contributed by atoms with van der Waals surface area (Å²) in [6.07, 6.45) is 1.54. The zero-order chi connectivity index (χ0) is 24.9. The number of nitrogens with zero attached hydrogens (tertiary/aromatic N) is 5. The third-order valence-electron chi connectivity index (χ3n) is 6.21. The Labute approximate surface area is 202 Å². The molecule has 2 aromatic heterocycles. The van der Waals surface area contributed by atoms with Crippen LogP contribution in [0.4, 0.5) is 10.7 Å². The Morgan fingerprint density at radius 2 is 1.74 bits per heavy atom. The predicted octanol–water partition coefficient (Wildman–Crippen LogP) is 2.20. The number of hydrogen-bond donors (Lipinski definition) is 2. The molecule has 0 unspecified atom stereocenters. The summed E-state index contributed by atoms with van der Waals surface area (Å²) in [5, 5.41) is 12.8. The smallest absolute Gasteiger partial charge is 0.407 e. The minimum Gasteiger partial charge on any atom is -0.497 e. The van der Waals surface area contributed by atoms with E-state index in [0.717, 1.165) is 11.9 Å². The van der Waals surface area contributed by atoms with Gasteiger partial charge in [-0.1, -0.05) is 0 Å². The van der Waals surface area contributed by atoms with E-state index in [9.17, 15) is 9.59 Å². The molecule has 0 aliphatic carbocycles. The molecule has 3 heterocycles. The molecule has 0 spiro atoms. The van der Waals surface area contributed by atoms with Crippen LogP contribution < -0.4 is 20.3 Å². The lowest BCUT2D eigenvalue weighted by molar-refractivity contribution is 0.104. The van der Waals surface area contributed by atoms with Crippen molar-refractivity contribution in [3.05, 3.63) is 40.8 Å². The van der Waals surface area contributed by atoms with E-state index in [2.05, 4.69) is 20.2 Å². The van der Waals surface area contributed by atoms with E-state index in [1.165, 1.54) is 4.90 Å². The molecule has 1 fully saturated rings. The number of aryl methyl sites for hydroxylation is 1. The average molecular weight is 483 g/mol. The summed E-state index contributed by atoms with van der Waals surface area (Å²) in [5.74, 6) is 1.62. The summed E-state index contributed by atoms with van der Waals surface area (Å²) in [6, 6.07) is 7.17. The number of piperazine rings is 1. The van der Waals surface area contributed by atoms with Gasteiger partial charge in [0, 0.05) is 63.0 Å². The minimum atomic E-state index is -0.881. The Balaban J connectivity index is 1.66. The number of hydrogen-bond acceptors (Lipinski definition) is 8. The van der Waals surface area contributed by atoms with Crippen molar-refractivity contribution in [1.82, 2.24) is 24.3 Å². The Hall–Kier alpha value is -3.86. The maximum absolute atomic E-state index is 13.7. The number of ether oxygens (including phenoxy) is 2. The Bertz CT molecular complexity index is 1250. The lowest BCUT2D eigenvalue weighted by atomic mass is 10.0. The van der Waals surface area contributed by atoms with Gasteiger partial charge in [0.05, 0.1) is 14.2 Å². The van der Waals surface area contributed by atoms with E-state index in [1.807, 2.05) is 0 Å². The van der Waals surface area contributed by atoms with E-state index >= 15 is 0 Å². The highest BCUT2D eigenvalue weighted by Gasteiger charge is 2.20. The van der Waals surface area contributed by atoms with Crippen molar-refractivity contribution >= 4 is 23.1 Å². The highest BCUT2D eigenvalue weighted by atomic mass is 16.5. The Morgan fingerprint density at radius 1 is 1.06 bits per heavy atom. The number of anilines is 1. The number of carbonyl (C=O) groups is 1. The molecule has 1 aliphatic heterocycles. The van der Waals surface area contributed by atoms with Gasteiger partial charge in [0.1, 0.15) is 17.1 Å². The molecule has 11 nitrogen and oxygen atoms in total. The molecule has 4 rings (SSSR count). The summed E-state index contributed by atoms with van der Waals surface area (Å²) in [7, 11) is 4.87. The van der Waals surface area contributed by atoms with Crippen molar-refractivity contribution < 1.29 is 19.4 Å². The quantitative estimate of drug-likeness (QED) is 0.497. The number of pyridine rings is 1. The van der Waals surface area contributed by atoms with Gasteiger partial charge in [0.2, 0.25) is 5.95 Å². The number of methoxy groups -OCH3 is 2. The summed E-state index contributed by atoms with van der Waals surface area (Å²) in [4.78, 5) is 37.4. The van der Waals surface area contributed by atoms with Crippen LogP contribution in [0, 0.1) is 0 Å². The summed E-state index contributed by atoms with van der Waals surface area (Å²) >= 11 is 0. The lowest BCUT2D eigenvalue weighted by Gasteiger charge is -2.33. The molecular weight excluding hydrogens is 452 g/mol. The van der Waals surface area contributed by atoms with Gasteiger partial charge in [-0.2, -0.15) is 4.98 Å². The van der Waals surface area contributed by atoms with Crippen LogP contribution in [0.5, 0.6) is 11.5 Å². The number of rotatable bonds is 8. The second-order valence-corrected chi connectivity index (χ2v) is 8.30. The fourth-order valence-electron chi connectivity index (χ4n) is 4.27. The summed E-state index contributed by atoms with van der Waals surface area (Å²) in [5.41, 5.74) is 1.59. The fourth-order valence-corrected chi connectivity index (χ4v) is 4.27. The SMILES string of the molecule is CNc1ncc2cc(-c3cc(OC)cc(OC)c3)c(=O)n(CCCN3CCN(C(=O)O)CC3)c2n1. The van der Waals surface area contributed by atoms with Crippen LogP contribution >= 0.6 is 0 Å². The van der Waals surface area contributed by atoms with E-state index in [1.54, 1.807) is 56.3 Å². The topological polar surface area (TPSA) is 122 Å². The summed E-state index contributed by atoms with van der Waals surface area (Å²) in [6.45, 7) is 3.55. The van der Waals surface area contributed by atoms with Crippen LogP contribution in [-0.2, 0) is 6.54 Å². The van der Waals surface area contributed by atoms with Crippen molar-refractivity contribution in [3.63, 3.8) is 0 Å². The number of fused-ring (bicyclic) bond motifs is 1.